The molecule has 0 aliphatic heterocycles. The molecule has 0 aliphatic rings. The second-order valence-corrected chi connectivity index (χ2v) is 8.37. The number of benzene rings is 2. The molecule has 152 valence electrons. The summed E-state index contributed by atoms with van der Waals surface area (Å²) in [5.74, 6) is 0.805. The fourth-order valence-corrected chi connectivity index (χ4v) is 4.39. The van der Waals surface area contributed by atoms with Crippen molar-refractivity contribution in [2.75, 3.05) is 18.5 Å². The molecule has 30 heavy (non-hydrogen) atoms. The zero-order chi connectivity index (χ0) is 20.9. The van der Waals surface area contributed by atoms with Gasteiger partial charge in [0, 0.05) is 36.5 Å². The molecule has 2 heterocycles. The van der Waals surface area contributed by atoms with Gasteiger partial charge in [0.25, 0.3) is 0 Å². The summed E-state index contributed by atoms with van der Waals surface area (Å²) >= 11 is 7.79. The van der Waals surface area contributed by atoms with Crippen molar-refractivity contribution in [3.8, 4) is 10.4 Å². The molecule has 5 nitrogen and oxygen atoms in total. The van der Waals surface area contributed by atoms with Crippen molar-refractivity contribution in [1.29, 1.82) is 0 Å². The first kappa shape index (κ1) is 20.3. The van der Waals surface area contributed by atoms with E-state index in [2.05, 4.69) is 33.5 Å². The normalized spacial score (nSPS) is 10.9. The molecule has 0 fully saturated rings. The molecular weight excluding hydrogens is 416 g/mol. The van der Waals surface area contributed by atoms with E-state index in [9.17, 15) is 4.79 Å². The highest BCUT2D eigenvalue weighted by molar-refractivity contribution is 7.21. The van der Waals surface area contributed by atoms with Gasteiger partial charge in [-0.2, -0.15) is 0 Å². The molecule has 0 unspecified atom stereocenters. The van der Waals surface area contributed by atoms with Crippen LogP contribution in [-0.2, 0) is 11.3 Å². The van der Waals surface area contributed by atoms with E-state index < -0.39 is 0 Å². The summed E-state index contributed by atoms with van der Waals surface area (Å²) in [6.45, 7) is 0.974. The average molecular weight is 437 g/mol. The van der Waals surface area contributed by atoms with Gasteiger partial charge in [-0.3, -0.25) is 4.79 Å². The average Bonchev–Trinajstić information content (AvgIpc) is 3.22. The maximum atomic E-state index is 12.3. The molecule has 0 aliphatic carbocycles. The first-order valence-corrected chi connectivity index (χ1v) is 10.8. The van der Waals surface area contributed by atoms with E-state index in [0.717, 1.165) is 32.0 Å². The molecule has 0 saturated carbocycles. The number of nitrogens with one attached hydrogen (secondary N) is 1. The largest absolute Gasteiger partial charge is 0.359 e. The number of hydrogen-bond donors (Lipinski definition) is 1. The van der Waals surface area contributed by atoms with Crippen LogP contribution in [0, 0.1) is 0 Å². The van der Waals surface area contributed by atoms with Crippen molar-refractivity contribution in [1.82, 2.24) is 15.3 Å². The van der Waals surface area contributed by atoms with Crippen LogP contribution < -0.4 is 10.2 Å². The summed E-state index contributed by atoms with van der Waals surface area (Å²) in [5.41, 5.74) is 2.07. The minimum atomic E-state index is -0.0256. The van der Waals surface area contributed by atoms with Crippen LogP contribution in [0.25, 0.3) is 20.7 Å². The van der Waals surface area contributed by atoms with E-state index in [4.69, 9.17) is 11.6 Å². The molecule has 4 rings (SSSR count). The predicted molar refractivity (Wildman–Crippen MR) is 124 cm³/mol. The van der Waals surface area contributed by atoms with Crippen LogP contribution in [0.15, 0.2) is 67.0 Å². The standard InChI is InChI=1S/C23H21ClN4OS/c1-28(12-11-21(29)25-14-17-9-5-6-10-19(17)24)22-18-13-20(16-7-3-2-4-8-16)30-23(18)27-15-26-22/h2-10,13,15H,11-12,14H2,1H3,(H,25,29). The van der Waals surface area contributed by atoms with E-state index >= 15 is 0 Å². The number of carbonyl (C=O) groups is 1. The third kappa shape index (κ3) is 4.61. The number of carbonyl (C=O) groups excluding carboxylic acids is 1. The summed E-state index contributed by atoms with van der Waals surface area (Å²) in [6, 6.07) is 19.9. The zero-order valence-electron chi connectivity index (χ0n) is 16.5. The summed E-state index contributed by atoms with van der Waals surface area (Å²) in [4.78, 5) is 25.3. The predicted octanol–water partition coefficient (Wildman–Crippen LogP) is 5.15. The summed E-state index contributed by atoms with van der Waals surface area (Å²) in [6.07, 6.45) is 1.94. The van der Waals surface area contributed by atoms with Gasteiger partial charge in [-0.25, -0.2) is 9.97 Å². The van der Waals surface area contributed by atoms with Crippen LogP contribution in [0.1, 0.15) is 12.0 Å². The van der Waals surface area contributed by atoms with E-state index in [1.54, 1.807) is 17.7 Å². The fourth-order valence-electron chi connectivity index (χ4n) is 3.19. The minimum Gasteiger partial charge on any atom is -0.359 e. The fraction of sp³-hybridized carbons (Fsp3) is 0.174. The van der Waals surface area contributed by atoms with Crippen molar-refractivity contribution in [2.24, 2.45) is 0 Å². The Kier molecular flexibility index (Phi) is 6.26. The lowest BCUT2D eigenvalue weighted by atomic mass is 10.2. The highest BCUT2D eigenvalue weighted by Crippen LogP contribution is 2.35. The van der Waals surface area contributed by atoms with Gasteiger partial charge in [0.15, 0.2) is 0 Å². The topological polar surface area (TPSA) is 58.1 Å². The van der Waals surface area contributed by atoms with E-state index in [0.29, 0.717) is 24.5 Å². The molecule has 7 heteroatoms. The molecule has 0 atom stereocenters. The number of hydrogen-bond acceptors (Lipinski definition) is 5. The third-order valence-corrected chi connectivity index (χ3v) is 6.30. The Morgan fingerprint density at radius 3 is 2.67 bits per heavy atom. The lowest BCUT2D eigenvalue weighted by Gasteiger charge is -2.18. The summed E-state index contributed by atoms with van der Waals surface area (Å²) in [7, 11) is 1.95. The molecule has 2 aromatic heterocycles. The molecular formula is C23H21ClN4OS. The molecule has 0 radical (unpaired) electrons. The van der Waals surface area contributed by atoms with E-state index in [-0.39, 0.29) is 5.91 Å². The van der Waals surface area contributed by atoms with Crippen LogP contribution in [0.3, 0.4) is 0 Å². The van der Waals surface area contributed by atoms with E-state index in [1.807, 2.05) is 54.4 Å². The second-order valence-electron chi connectivity index (χ2n) is 6.93. The van der Waals surface area contributed by atoms with Gasteiger partial charge in [-0.15, -0.1) is 11.3 Å². The van der Waals surface area contributed by atoms with Crippen LogP contribution in [0.5, 0.6) is 0 Å². The Hall–Kier alpha value is -2.96. The van der Waals surface area contributed by atoms with Crippen molar-refractivity contribution in [3.63, 3.8) is 0 Å². The maximum Gasteiger partial charge on any atom is 0.222 e. The number of halogens is 1. The number of aromatic nitrogens is 2. The van der Waals surface area contributed by atoms with Gasteiger partial charge < -0.3 is 10.2 Å². The summed E-state index contributed by atoms with van der Waals surface area (Å²) in [5, 5.41) is 4.59. The number of nitrogens with zero attached hydrogens (tertiary/aromatic N) is 3. The quantitative estimate of drug-likeness (QED) is 0.435. The molecule has 4 aromatic rings. The molecule has 0 spiro atoms. The van der Waals surface area contributed by atoms with Crippen molar-refractivity contribution < 1.29 is 4.79 Å². The molecule has 1 N–H and O–H groups in total. The van der Waals surface area contributed by atoms with Crippen LogP contribution in [0.2, 0.25) is 5.02 Å². The number of fused-ring (bicyclic) bond motifs is 1. The lowest BCUT2D eigenvalue weighted by Crippen LogP contribution is -2.29. The Labute approximate surface area is 184 Å². The van der Waals surface area contributed by atoms with Gasteiger partial charge in [0.2, 0.25) is 5.91 Å². The Morgan fingerprint density at radius 2 is 1.87 bits per heavy atom. The first-order valence-electron chi connectivity index (χ1n) is 9.63. The summed E-state index contributed by atoms with van der Waals surface area (Å²) < 4.78 is 0. The number of anilines is 1. The zero-order valence-corrected chi connectivity index (χ0v) is 18.1. The highest BCUT2D eigenvalue weighted by atomic mass is 35.5. The van der Waals surface area contributed by atoms with Crippen molar-refractivity contribution in [2.45, 2.75) is 13.0 Å². The molecule has 0 bridgehead atoms. The van der Waals surface area contributed by atoms with Crippen molar-refractivity contribution in [3.05, 3.63) is 77.6 Å². The minimum absolute atomic E-state index is 0.0256. The van der Waals surface area contributed by atoms with Gasteiger partial charge in [0.05, 0.1) is 5.39 Å². The monoisotopic (exact) mass is 436 g/mol. The van der Waals surface area contributed by atoms with Gasteiger partial charge in [-0.05, 0) is 23.3 Å². The molecule has 2 aromatic carbocycles. The Bertz CT molecular complexity index is 1160. The van der Waals surface area contributed by atoms with Gasteiger partial charge >= 0.3 is 0 Å². The van der Waals surface area contributed by atoms with Gasteiger partial charge in [0.1, 0.15) is 17.0 Å². The first-order chi connectivity index (χ1) is 14.6. The smallest absolute Gasteiger partial charge is 0.222 e. The molecule has 1 amide bonds. The van der Waals surface area contributed by atoms with Crippen LogP contribution in [-0.4, -0.2) is 29.5 Å². The van der Waals surface area contributed by atoms with Gasteiger partial charge in [-0.1, -0.05) is 60.1 Å². The number of amides is 1. The van der Waals surface area contributed by atoms with Crippen LogP contribution >= 0.6 is 22.9 Å². The molecule has 0 saturated heterocycles. The second kappa shape index (κ2) is 9.24. The highest BCUT2D eigenvalue weighted by Gasteiger charge is 2.14. The third-order valence-electron chi connectivity index (χ3n) is 4.84. The van der Waals surface area contributed by atoms with E-state index in [1.165, 1.54) is 0 Å². The SMILES string of the molecule is CN(CCC(=O)NCc1ccccc1Cl)c1ncnc2sc(-c3ccccc3)cc12. The number of rotatable bonds is 7. The maximum absolute atomic E-state index is 12.3. The Balaban J connectivity index is 1.42. The lowest BCUT2D eigenvalue weighted by molar-refractivity contribution is -0.121. The van der Waals surface area contributed by atoms with Crippen molar-refractivity contribution >= 4 is 44.9 Å². The Morgan fingerprint density at radius 1 is 1.10 bits per heavy atom. The number of thiophene rings is 1. The van der Waals surface area contributed by atoms with Crippen LogP contribution in [0.4, 0.5) is 5.82 Å².